The fourth-order valence-corrected chi connectivity index (χ4v) is 3.49. The van der Waals surface area contributed by atoms with Gasteiger partial charge in [-0.1, -0.05) is 5.16 Å². The molecule has 0 aliphatic heterocycles. The summed E-state index contributed by atoms with van der Waals surface area (Å²) >= 11 is 0. The lowest BCUT2D eigenvalue weighted by atomic mass is 9.87. The quantitative estimate of drug-likeness (QED) is 0.740. The van der Waals surface area contributed by atoms with E-state index in [9.17, 15) is 14.7 Å². The Labute approximate surface area is 163 Å². The number of carboxylic acids is 1. The molecule has 0 unspecified atom stereocenters. The van der Waals surface area contributed by atoms with Gasteiger partial charge in [-0.15, -0.1) is 0 Å². The predicted octanol–water partition coefficient (Wildman–Crippen LogP) is 4.24. The van der Waals surface area contributed by atoms with Crippen LogP contribution in [-0.4, -0.2) is 34.4 Å². The molecule has 0 radical (unpaired) electrons. The van der Waals surface area contributed by atoms with Gasteiger partial charge >= 0.3 is 11.9 Å². The molecule has 1 fully saturated rings. The van der Waals surface area contributed by atoms with Gasteiger partial charge in [0.05, 0.1) is 23.8 Å². The van der Waals surface area contributed by atoms with Gasteiger partial charge in [-0.3, -0.25) is 4.79 Å². The maximum atomic E-state index is 12.2. The summed E-state index contributed by atoms with van der Waals surface area (Å²) in [5.41, 5.74) is 1.02. The molecule has 1 N–H and O–H groups in total. The number of ether oxygens (including phenoxy) is 2. The molecule has 1 aromatic carbocycles. The molecule has 28 heavy (non-hydrogen) atoms. The van der Waals surface area contributed by atoms with Crippen molar-refractivity contribution in [3.8, 4) is 17.1 Å². The van der Waals surface area contributed by atoms with Crippen LogP contribution in [0.15, 0.2) is 28.8 Å². The van der Waals surface area contributed by atoms with E-state index in [-0.39, 0.29) is 35.4 Å². The summed E-state index contributed by atoms with van der Waals surface area (Å²) in [6, 6.07) is 7.04. The summed E-state index contributed by atoms with van der Waals surface area (Å²) < 4.78 is 16.6. The van der Waals surface area contributed by atoms with Crippen molar-refractivity contribution >= 4 is 11.9 Å². The standard InChI is InChI=1S/C21H25NO6/c1-12(2)26-21(25)15-5-4-6-17(11-15)27-16-9-7-14(8-10-16)19-18(20(23)24)13(3)22-28-19/h7-10,12,15,17H,4-6,11H2,1-3H3,(H,23,24)/t15-,17-/m0/s1. The third-order valence-corrected chi connectivity index (χ3v) is 4.81. The van der Waals surface area contributed by atoms with Gasteiger partial charge in [0.1, 0.15) is 11.3 Å². The Morgan fingerprint density at radius 3 is 2.57 bits per heavy atom. The van der Waals surface area contributed by atoms with Crippen LogP contribution in [0.3, 0.4) is 0 Å². The van der Waals surface area contributed by atoms with Gasteiger partial charge < -0.3 is 19.1 Å². The highest BCUT2D eigenvalue weighted by Crippen LogP contribution is 2.31. The Hall–Kier alpha value is -2.83. The third kappa shape index (κ3) is 4.52. The van der Waals surface area contributed by atoms with E-state index in [1.165, 1.54) is 0 Å². The largest absolute Gasteiger partial charge is 0.490 e. The summed E-state index contributed by atoms with van der Waals surface area (Å²) in [6.07, 6.45) is 3.10. The highest BCUT2D eigenvalue weighted by atomic mass is 16.5. The van der Waals surface area contributed by atoms with E-state index in [1.807, 2.05) is 13.8 Å². The molecule has 150 valence electrons. The van der Waals surface area contributed by atoms with E-state index in [4.69, 9.17) is 14.0 Å². The number of hydrogen-bond donors (Lipinski definition) is 1. The first-order valence-corrected chi connectivity index (χ1v) is 9.52. The number of aromatic nitrogens is 1. The van der Waals surface area contributed by atoms with Crippen LogP contribution in [0.25, 0.3) is 11.3 Å². The number of benzene rings is 1. The van der Waals surface area contributed by atoms with Gasteiger partial charge in [-0.25, -0.2) is 4.79 Å². The van der Waals surface area contributed by atoms with Crippen molar-refractivity contribution in [2.24, 2.45) is 5.92 Å². The maximum absolute atomic E-state index is 12.2. The Balaban J connectivity index is 1.66. The highest BCUT2D eigenvalue weighted by Gasteiger charge is 2.30. The monoisotopic (exact) mass is 387 g/mol. The van der Waals surface area contributed by atoms with Gasteiger partial charge in [-0.2, -0.15) is 0 Å². The molecular formula is C21H25NO6. The molecule has 1 saturated carbocycles. The van der Waals surface area contributed by atoms with E-state index in [1.54, 1.807) is 31.2 Å². The number of aromatic carboxylic acids is 1. The van der Waals surface area contributed by atoms with Crippen molar-refractivity contribution in [3.05, 3.63) is 35.5 Å². The van der Waals surface area contributed by atoms with E-state index in [2.05, 4.69) is 5.16 Å². The van der Waals surface area contributed by atoms with Gasteiger partial charge in [-0.05, 0) is 70.7 Å². The number of carboxylic acid groups (broad SMARTS) is 1. The zero-order valence-electron chi connectivity index (χ0n) is 16.3. The number of carbonyl (C=O) groups excluding carboxylic acids is 1. The lowest BCUT2D eigenvalue weighted by Crippen LogP contribution is -2.31. The van der Waals surface area contributed by atoms with E-state index in [0.717, 1.165) is 19.3 Å². The molecule has 1 aliphatic rings. The van der Waals surface area contributed by atoms with Gasteiger partial charge in [0.25, 0.3) is 0 Å². The van der Waals surface area contributed by atoms with Crippen LogP contribution >= 0.6 is 0 Å². The van der Waals surface area contributed by atoms with Crippen molar-refractivity contribution in [1.82, 2.24) is 5.16 Å². The first kappa shape index (κ1) is 19.9. The lowest BCUT2D eigenvalue weighted by molar-refractivity contribution is -0.154. The van der Waals surface area contributed by atoms with Crippen molar-refractivity contribution in [1.29, 1.82) is 0 Å². The minimum atomic E-state index is -1.07. The van der Waals surface area contributed by atoms with E-state index >= 15 is 0 Å². The average molecular weight is 387 g/mol. The third-order valence-electron chi connectivity index (χ3n) is 4.81. The van der Waals surface area contributed by atoms with Gasteiger partial charge in [0.2, 0.25) is 0 Å². The van der Waals surface area contributed by atoms with Crippen LogP contribution in [0.4, 0.5) is 0 Å². The second kappa shape index (κ2) is 8.46. The van der Waals surface area contributed by atoms with Gasteiger partial charge in [0, 0.05) is 5.56 Å². The summed E-state index contributed by atoms with van der Waals surface area (Å²) in [5.74, 6) is -0.461. The summed E-state index contributed by atoms with van der Waals surface area (Å²) in [5, 5.41) is 13.1. The van der Waals surface area contributed by atoms with Crippen LogP contribution in [0.1, 0.15) is 55.6 Å². The smallest absolute Gasteiger partial charge is 0.341 e. The molecule has 1 heterocycles. The Morgan fingerprint density at radius 2 is 1.93 bits per heavy atom. The first-order valence-electron chi connectivity index (χ1n) is 9.52. The Bertz CT molecular complexity index is 839. The minimum Gasteiger partial charge on any atom is -0.490 e. The SMILES string of the molecule is Cc1noc(-c2ccc(O[C@H]3CCC[C@H](C(=O)OC(C)C)C3)cc2)c1C(=O)O. The zero-order chi connectivity index (χ0) is 20.3. The molecule has 0 spiro atoms. The van der Waals surface area contributed by atoms with Crippen LogP contribution in [0, 0.1) is 12.8 Å². The molecule has 2 atom stereocenters. The van der Waals surface area contributed by atoms with E-state index < -0.39 is 5.97 Å². The fraction of sp³-hybridized carbons (Fsp3) is 0.476. The molecule has 1 aromatic heterocycles. The molecule has 0 saturated heterocycles. The summed E-state index contributed by atoms with van der Waals surface area (Å²) in [7, 11) is 0. The normalized spacial score (nSPS) is 19.4. The van der Waals surface area contributed by atoms with E-state index in [0.29, 0.717) is 23.4 Å². The Morgan fingerprint density at radius 1 is 1.21 bits per heavy atom. The van der Waals surface area contributed by atoms with Crippen LogP contribution < -0.4 is 4.74 Å². The highest BCUT2D eigenvalue weighted by molar-refractivity contribution is 5.95. The number of carbonyl (C=O) groups is 2. The van der Waals surface area contributed by atoms with Crippen LogP contribution in [0.2, 0.25) is 0 Å². The fourth-order valence-electron chi connectivity index (χ4n) is 3.49. The number of hydrogen-bond acceptors (Lipinski definition) is 6. The molecule has 7 nitrogen and oxygen atoms in total. The number of esters is 1. The summed E-state index contributed by atoms with van der Waals surface area (Å²) in [6.45, 7) is 5.29. The molecule has 3 rings (SSSR count). The van der Waals surface area contributed by atoms with Crippen molar-refractivity contribution in [3.63, 3.8) is 0 Å². The topological polar surface area (TPSA) is 98.9 Å². The number of rotatable bonds is 6. The molecule has 1 aliphatic carbocycles. The maximum Gasteiger partial charge on any atom is 0.341 e. The average Bonchev–Trinajstić information content (AvgIpc) is 3.04. The molecule has 7 heteroatoms. The van der Waals surface area contributed by atoms with Crippen molar-refractivity contribution in [2.45, 2.75) is 58.7 Å². The van der Waals surface area contributed by atoms with Gasteiger partial charge in [0.15, 0.2) is 5.76 Å². The van der Waals surface area contributed by atoms with Crippen molar-refractivity contribution < 1.29 is 28.7 Å². The molecule has 2 aromatic rings. The predicted molar refractivity (Wildman–Crippen MR) is 101 cm³/mol. The first-order chi connectivity index (χ1) is 13.3. The van der Waals surface area contributed by atoms with Crippen LogP contribution in [0.5, 0.6) is 5.75 Å². The minimum absolute atomic E-state index is 0.0496. The molecular weight excluding hydrogens is 362 g/mol. The number of nitrogens with zero attached hydrogens (tertiary/aromatic N) is 1. The zero-order valence-corrected chi connectivity index (χ0v) is 16.3. The lowest BCUT2D eigenvalue weighted by Gasteiger charge is -2.28. The summed E-state index contributed by atoms with van der Waals surface area (Å²) in [4.78, 5) is 23.6. The Kier molecular flexibility index (Phi) is 6.02. The second-order valence-corrected chi connectivity index (χ2v) is 7.39. The van der Waals surface area contributed by atoms with Crippen molar-refractivity contribution in [2.75, 3.05) is 0 Å². The number of aryl methyl sites for hydroxylation is 1. The van der Waals surface area contributed by atoms with Crippen LogP contribution in [-0.2, 0) is 9.53 Å². The second-order valence-electron chi connectivity index (χ2n) is 7.39. The molecule has 0 bridgehead atoms. The molecule has 0 amide bonds.